The van der Waals surface area contributed by atoms with Crippen LogP contribution in [0.15, 0.2) is 0 Å². The van der Waals surface area contributed by atoms with Crippen molar-refractivity contribution in [3.63, 3.8) is 0 Å². The average molecular weight is 1230 g/mol. The van der Waals surface area contributed by atoms with Crippen LogP contribution in [0.3, 0.4) is 0 Å². The van der Waals surface area contributed by atoms with Crippen LogP contribution in [-0.2, 0) is 50.7 Å². The second kappa shape index (κ2) is 61.8. The summed E-state index contributed by atoms with van der Waals surface area (Å²) in [6, 6.07) is 0. The number of nitrogens with one attached hydrogen (secondary N) is 2. The zero-order valence-electron chi connectivity index (χ0n) is 51.3. The Morgan fingerprint density at radius 2 is 0.456 bits per heavy atom. The molecule has 474 valence electrons. The number of thioether (sulfide) groups is 2. The minimum Gasteiger partial charge on any atom is -0.381 e. The molecule has 10 nitrogen and oxygen atoms in total. The zero-order valence-corrected chi connectivity index (χ0v) is 56.2. The Kier molecular flexibility index (Phi) is 60.8. The highest BCUT2D eigenvalue weighted by Crippen LogP contribution is 2.18. The molecule has 3 saturated carbocycles. The van der Waals surface area contributed by atoms with E-state index in [9.17, 15) is 25.3 Å². The van der Waals surface area contributed by atoms with Crippen LogP contribution in [0.4, 0.5) is 0 Å². The summed E-state index contributed by atoms with van der Waals surface area (Å²) < 4.78 is 73.1. The maximum atomic E-state index is 10.7. The molecule has 0 aromatic rings. The van der Waals surface area contributed by atoms with Crippen molar-refractivity contribution >= 4 is 64.8 Å². The Morgan fingerprint density at radius 1 is 0.253 bits per heavy atom. The molecular weight excluding hydrogens is 1110 g/mol. The van der Waals surface area contributed by atoms with E-state index < -0.39 is 41.3 Å². The molecule has 0 bridgehead atoms. The van der Waals surface area contributed by atoms with Gasteiger partial charge in [0.05, 0.1) is 23.0 Å². The molecule has 0 amide bonds. The van der Waals surface area contributed by atoms with Crippen LogP contribution in [0.2, 0.25) is 0 Å². The van der Waals surface area contributed by atoms with E-state index in [1.54, 1.807) is 0 Å². The van der Waals surface area contributed by atoms with Crippen LogP contribution in [0.25, 0.3) is 0 Å². The molecule has 0 aromatic heterocycles. The summed E-state index contributed by atoms with van der Waals surface area (Å²) in [6.07, 6.45) is 58.5. The fraction of sp³-hybridized carbons (Fsp3) is 1.00. The van der Waals surface area contributed by atoms with E-state index in [2.05, 4.69) is 34.2 Å². The molecule has 13 rings (SSSR count). The van der Waals surface area contributed by atoms with Crippen LogP contribution in [-0.4, -0.2) is 147 Å². The minimum atomic E-state index is -2.58. The first-order valence-corrected chi connectivity index (χ1v) is 42.5. The summed E-state index contributed by atoms with van der Waals surface area (Å²) in [6.45, 7) is 9.00. The van der Waals surface area contributed by atoms with Gasteiger partial charge >= 0.3 is 0 Å². The third kappa shape index (κ3) is 63.1. The van der Waals surface area contributed by atoms with E-state index >= 15 is 0 Å². The Hall–Kier alpha value is 0.740. The molecule has 2 N–H and O–H groups in total. The van der Waals surface area contributed by atoms with Crippen LogP contribution in [0.5, 0.6) is 0 Å². The largest absolute Gasteiger partial charge is 0.381 e. The SMILES string of the molecule is C1CCCC1.C1CCCCC1.C1CCCCCC1.C1CCCNCC1.C1CCOC1.C1CCOCC1.C1CCSC1.C1CCSCC1.C1CNC1.O=S1(=O)CCCC1.O=S1(=O)CCCCC1.O=S1CCCC1.O=S1CCCCC1. The number of ether oxygens (including phenoxy) is 2. The van der Waals surface area contributed by atoms with Gasteiger partial charge in [0.2, 0.25) is 0 Å². The second-order valence-corrected chi connectivity index (χ2v) is 33.6. The van der Waals surface area contributed by atoms with E-state index in [1.807, 2.05) is 0 Å². The number of sulfone groups is 2. The summed E-state index contributed by atoms with van der Waals surface area (Å²) in [4.78, 5) is 0. The Morgan fingerprint density at radius 3 is 0.646 bits per heavy atom. The maximum absolute atomic E-state index is 10.7. The van der Waals surface area contributed by atoms with Crippen molar-refractivity contribution in [2.45, 2.75) is 276 Å². The van der Waals surface area contributed by atoms with Crippen molar-refractivity contribution in [1.29, 1.82) is 0 Å². The molecule has 16 heteroatoms. The lowest BCUT2D eigenvalue weighted by atomic mass is 10.0. The lowest BCUT2D eigenvalue weighted by molar-refractivity contribution is 0.0968. The van der Waals surface area contributed by atoms with Gasteiger partial charge < -0.3 is 20.1 Å². The fourth-order valence-electron chi connectivity index (χ4n) is 9.83. The molecule has 0 spiro atoms. The molecule has 13 fully saturated rings. The molecule has 3 aliphatic carbocycles. The Balaban J connectivity index is 0.000000429. The van der Waals surface area contributed by atoms with Crippen molar-refractivity contribution < 1.29 is 34.7 Å². The molecule has 0 radical (unpaired) electrons. The molecule has 10 saturated heterocycles. The van der Waals surface area contributed by atoms with E-state index in [4.69, 9.17) is 9.47 Å². The van der Waals surface area contributed by atoms with Gasteiger partial charge in [-0.25, -0.2) is 16.8 Å². The molecule has 0 aromatic carbocycles. The molecule has 10 aliphatic heterocycles. The van der Waals surface area contributed by atoms with Gasteiger partial charge in [0.15, 0.2) is 0 Å². The molecule has 79 heavy (non-hydrogen) atoms. The van der Waals surface area contributed by atoms with Crippen molar-refractivity contribution in [1.82, 2.24) is 10.6 Å². The predicted molar refractivity (Wildman–Crippen MR) is 354 cm³/mol. The molecule has 13 aliphatic rings. The van der Waals surface area contributed by atoms with E-state index in [-0.39, 0.29) is 0 Å². The van der Waals surface area contributed by atoms with E-state index in [0.717, 1.165) is 81.5 Å². The minimum absolute atomic E-state index is 0.423. The topological polar surface area (TPSA) is 145 Å². The first-order chi connectivity index (χ1) is 38.7. The lowest BCUT2D eigenvalue weighted by Gasteiger charge is -2.09. The van der Waals surface area contributed by atoms with Crippen molar-refractivity contribution in [3.8, 4) is 0 Å². The number of hydrogen-bond acceptors (Lipinski definition) is 12. The molecule has 0 unspecified atom stereocenters. The summed E-state index contributed by atoms with van der Waals surface area (Å²) >= 11 is 4.17. The number of hydrogen-bond donors (Lipinski definition) is 2. The van der Waals surface area contributed by atoms with Gasteiger partial charge in [-0.1, -0.05) is 148 Å². The van der Waals surface area contributed by atoms with Crippen LogP contribution in [0, 0.1) is 0 Å². The van der Waals surface area contributed by atoms with Crippen molar-refractivity contribution in [2.24, 2.45) is 0 Å². The van der Waals surface area contributed by atoms with Crippen LogP contribution in [0.1, 0.15) is 276 Å². The highest BCUT2D eigenvalue weighted by Gasteiger charge is 2.16. The van der Waals surface area contributed by atoms with E-state index in [0.29, 0.717) is 23.0 Å². The van der Waals surface area contributed by atoms with Gasteiger partial charge in [0.25, 0.3) is 0 Å². The summed E-state index contributed by atoms with van der Waals surface area (Å²) in [5, 5.41) is 6.46. The molecule has 0 atom stereocenters. The first kappa shape index (κ1) is 77.8. The third-order valence-corrected chi connectivity index (χ3v) is 24.2. The third-order valence-electron chi connectivity index (χ3n) is 15.3. The highest BCUT2D eigenvalue weighted by molar-refractivity contribution is 7.99. The quantitative estimate of drug-likeness (QED) is 0.223. The Labute approximate surface area is 504 Å². The zero-order chi connectivity index (χ0) is 56.9. The molecule has 10 heterocycles. The second-order valence-electron chi connectivity index (χ2n) is 23.2. The highest BCUT2D eigenvalue weighted by atomic mass is 32.2. The predicted octanol–water partition coefficient (Wildman–Crippen LogP) is 15.8. The monoisotopic (exact) mass is 1230 g/mol. The van der Waals surface area contributed by atoms with Gasteiger partial charge in [-0.15, -0.1) is 0 Å². The Bertz CT molecular complexity index is 1290. The lowest BCUT2D eigenvalue weighted by Crippen LogP contribution is -2.29. The fourth-order valence-corrected chi connectivity index (χ4v) is 17.4. The van der Waals surface area contributed by atoms with Crippen LogP contribution < -0.4 is 10.6 Å². The van der Waals surface area contributed by atoms with Gasteiger partial charge in [-0.3, -0.25) is 8.42 Å². The van der Waals surface area contributed by atoms with Gasteiger partial charge in [-0.2, -0.15) is 23.5 Å². The maximum Gasteiger partial charge on any atom is 0.150 e. The van der Waals surface area contributed by atoms with Gasteiger partial charge in [0, 0.05) is 71.0 Å². The van der Waals surface area contributed by atoms with Crippen molar-refractivity contribution in [2.75, 3.05) is 122 Å². The van der Waals surface area contributed by atoms with Crippen molar-refractivity contribution in [3.05, 3.63) is 0 Å². The summed E-state index contributed by atoms with van der Waals surface area (Å²) in [7, 11) is -5.99. The molecular formula is C63H128N2O8S6. The number of rotatable bonds is 0. The first-order valence-electron chi connectivity index (χ1n) is 33.5. The summed E-state index contributed by atoms with van der Waals surface area (Å²) in [5.41, 5.74) is 0. The van der Waals surface area contributed by atoms with Crippen LogP contribution >= 0.6 is 23.5 Å². The standard InChI is InChI=1S/C7H14.C6H13N.C6H12.C5H10O2S.C5H10OS.C5H10O.C5H10S.C5H10.C4H8O2S.C4H8OS.C4H8O.C4H8S.C3H7N/c2*1-2-4-6-7-5-3-1;1-2-4-6-5-3-1;6-8(7)4-2-1-3-5-8;6-7-4-2-1-3-5-7;2*1-2-4-6-5-3-1;1-2-4-5-3-1;5-7(6)3-1-2-4-7;5-6-3-1-2-4-6;2*1-2-4-5-3-1;1-2-4-3-1/h1-7H2;7H,1-6H2;1-6H2;1-5H2;1-5H2;2*1-5H2;1-5H2;1-4H2;1-4H2;2*1-4H2;4H,1-3H2. The normalized spacial score (nSPS) is 24.9. The smallest absolute Gasteiger partial charge is 0.150 e. The summed E-state index contributed by atoms with van der Waals surface area (Å²) in [5.74, 6) is 11.2. The average Bonchev–Trinajstić information content (AvgIpc) is 4.37. The van der Waals surface area contributed by atoms with Gasteiger partial charge in [-0.05, 0) is 178 Å². The van der Waals surface area contributed by atoms with Gasteiger partial charge in [0.1, 0.15) is 19.7 Å². The van der Waals surface area contributed by atoms with E-state index in [1.165, 1.54) is 293 Å².